The van der Waals surface area contributed by atoms with Crippen LogP contribution in [-0.4, -0.2) is 57.9 Å². The Balaban J connectivity index is 1.89. The molecule has 1 aliphatic heterocycles. The summed E-state index contributed by atoms with van der Waals surface area (Å²) < 4.78 is 28.3. The van der Waals surface area contributed by atoms with Crippen LogP contribution in [0.15, 0.2) is 23.0 Å². The molecule has 0 amide bonds. The lowest BCUT2D eigenvalue weighted by atomic mass is 10.3. The predicted molar refractivity (Wildman–Crippen MR) is 86.9 cm³/mol. The molecule has 0 spiro atoms. The molecular weight excluding hydrogens is 344 g/mol. The van der Waals surface area contributed by atoms with Crippen molar-refractivity contribution in [2.24, 2.45) is 0 Å². The fraction of sp³-hybridized carbons (Fsp3) is 0.333. The Morgan fingerprint density at radius 2 is 2.09 bits per heavy atom. The van der Waals surface area contributed by atoms with E-state index in [2.05, 4.69) is 14.7 Å². The van der Waals surface area contributed by atoms with Gasteiger partial charge in [0.2, 0.25) is 0 Å². The van der Waals surface area contributed by atoms with Crippen LogP contribution in [0.3, 0.4) is 0 Å². The molecule has 1 unspecified atom stereocenters. The molecule has 1 saturated heterocycles. The largest absolute Gasteiger partial charge is 0.480 e. The number of hydrogen-bond donors (Lipinski definition) is 4. The number of nitrogens with one attached hydrogen (secondary N) is 3. The highest BCUT2D eigenvalue weighted by Crippen LogP contribution is 2.22. The Morgan fingerprint density at radius 1 is 1.35 bits per heavy atom. The van der Waals surface area contributed by atoms with E-state index in [1.165, 1.54) is 23.9 Å². The van der Waals surface area contributed by atoms with Gasteiger partial charge < -0.3 is 15.1 Å². The van der Waals surface area contributed by atoms with E-state index in [4.69, 9.17) is 0 Å². The van der Waals surface area contributed by atoms with Gasteiger partial charge in [-0.3, -0.25) is 9.52 Å². The number of fused-ring (bicyclic) bond motifs is 1. The van der Waals surface area contributed by atoms with E-state index >= 15 is 0 Å². The van der Waals surface area contributed by atoms with Gasteiger partial charge in [0, 0.05) is 18.1 Å². The van der Waals surface area contributed by atoms with Crippen molar-refractivity contribution >= 4 is 44.7 Å². The first-order valence-corrected chi connectivity index (χ1v) is 9.28. The number of carboxylic acid groups (broad SMARTS) is 1. The van der Waals surface area contributed by atoms with Crippen molar-refractivity contribution in [2.45, 2.75) is 6.04 Å². The number of nitrogens with zero attached hydrogens (tertiary/aromatic N) is 1. The molecule has 23 heavy (non-hydrogen) atoms. The number of hydrogen-bond acceptors (Lipinski definition) is 5. The fourth-order valence-corrected chi connectivity index (χ4v) is 5.00. The highest BCUT2D eigenvalue weighted by atomic mass is 32.2. The van der Waals surface area contributed by atoms with Crippen molar-refractivity contribution < 1.29 is 18.3 Å². The predicted octanol–water partition coefficient (Wildman–Crippen LogP) is 0.0149. The summed E-state index contributed by atoms with van der Waals surface area (Å²) in [6.07, 6.45) is 0. The van der Waals surface area contributed by atoms with Gasteiger partial charge >= 0.3 is 21.9 Å². The first-order valence-electron chi connectivity index (χ1n) is 6.69. The molecule has 9 nitrogen and oxygen atoms in total. The van der Waals surface area contributed by atoms with Crippen molar-refractivity contribution in [3.05, 3.63) is 28.7 Å². The maximum atomic E-state index is 12.5. The smallest absolute Gasteiger partial charge is 0.323 e. The maximum Gasteiger partial charge on any atom is 0.323 e. The van der Waals surface area contributed by atoms with Gasteiger partial charge in [-0.25, -0.2) is 4.79 Å². The zero-order valence-electron chi connectivity index (χ0n) is 11.8. The van der Waals surface area contributed by atoms with Crippen LogP contribution in [0.25, 0.3) is 11.0 Å². The van der Waals surface area contributed by atoms with Gasteiger partial charge in [-0.15, -0.1) is 0 Å². The number of aromatic nitrogens is 2. The Labute approximate surface area is 135 Å². The van der Waals surface area contributed by atoms with Crippen molar-refractivity contribution in [1.29, 1.82) is 0 Å². The minimum atomic E-state index is -4.01. The molecule has 0 radical (unpaired) electrons. The molecule has 1 aromatic heterocycles. The summed E-state index contributed by atoms with van der Waals surface area (Å²) >= 11 is 1.40. The lowest BCUT2D eigenvalue weighted by Crippen LogP contribution is -2.52. The van der Waals surface area contributed by atoms with Crippen molar-refractivity contribution in [2.75, 3.05) is 22.8 Å². The van der Waals surface area contributed by atoms with Crippen LogP contribution >= 0.6 is 11.8 Å². The second-order valence-corrected chi connectivity index (χ2v) is 7.76. The lowest BCUT2D eigenvalue weighted by Gasteiger charge is -2.31. The first kappa shape index (κ1) is 15.9. The van der Waals surface area contributed by atoms with E-state index in [9.17, 15) is 23.1 Å². The molecule has 1 fully saturated rings. The number of H-pyrrole nitrogens is 2. The van der Waals surface area contributed by atoms with Gasteiger partial charge in [-0.1, -0.05) is 0 Å². The topological polar surface area (TPSA) is 135 Å². The van der Waals surface area contributed by atoms with Gasteiger partial charge in [0.15, 0.2) is 0 Å². The number of aromatic amines is 2. The summed E-state index contributed by atoms with van der Waals surface area (Å²) in [6, 6.07) is 3.44. The number of aliphatic carboxylic acids is 1. The van der Waals surface area contributed by atoms with Crippen LogP contribution in [0, 0.1) is 0 Å². The van der Waals surface area contributed by atoms with Crippen LogP contribution in [0.5, 0.6) is 0 Å². The van der Waals surface area contributed by atoms with Crippen LogP contribution < -0.4 is 10.4 Å². The molecule has 2 heterocycles. The summed E-state index contributed by atoms with van der Waals surface area (Å²) in [5.41, 5.74) is 0.865. The van der Waals surface area contributed by atoms with Crippen LogP contribution in [0.4, 0.5) is 5.69 Å². The first-order chi connectivity index (χ1) is 10.9. The van der Waals surface area contributed by atoms with E-state index in [0.29, 0.717) is 16.8 Å². The third-order valence-electron chi connectivity index (χ3n) is 3.44. The average molecular weight is 358 g/mol. The van der Waals surface area contributed by atoms with Gasteiger partial charge in [-0.2, -0.15) is 24.5 Å². The quantitative estimate of drug-likeness (QED) is 0.608. The molecule has 1 atom stereocenters. The molecule has 4 N–H and O–H groups in total. The summed E-state index contributed by atoms with van der Waals surface area (Å²) in [4.78, 5) is 27.6. The molecule has 0 saturated carbocycles. The van der Waals surface area contributed by atoms with E-state index in [1.807, 2.05) is 0 Å². The SMILES string of the molecule is O=C(O)C1CSCCN1S(=O)(=O)Nc1ccc2[nH]c(=O)[nH]c2c1. The number of benzene rings is 1. The Bertz CT molecular complexity index is 904. The molecule has 1 aliphatic rings. The van der Waals surface area contributed by atoms with Gasteiger partial charge in [0.05, 0.1) is 16.7 Å². The molecule has 0 bridgehead atoms. The number of anilines is 1. The minimum absolute atomic E-state index is 0.125. The minimum Gasteiger partial charge on any atom is -0.480 e. The second-order valence-electron chi connectivity index (χ2n) is 4.99. The molecule has 11 heteroatoms. The van der Waals surface area contributed by atoms with E-state index in [1.54, 1.807) is 6.07 Å². The normalized spacial score (nSPS) is 19.7. The third kappa shape index (κ3) is 3.21. The van der Waals surface area contributed by atoms with Crippen molar-refractivity contribution in [3.63, 3.8) is 0 Å². The molecule has 124 valence electrons. The van der Waals surface area contributed by atoms with E-state index < -0.39 is 22.2 Å². The lowest BCUT2D eigenvalue weighted by molar-refractivity contribution is -0.140. The second kappa shape index (κ2) is 5.91. The fourth-order valence-electron chi connectivity index (χ4n) is 2.37. The number of imidazole rings is 1. The number of rotatable bonds is 4. The summed E-state index contributed by atoms with van der Waals surface area (Å²) in [6.45, 7) is 0.125. The number of carboxylic acids is 1. The molecule has 1 aromatic carbocycles. The monoisotopic (exact) mass is 358 g/mol. The van der Waals surface area contributed by atoms with Gasteiger partial charge in [-0.05, 0) is 18.2 Å². The van der Waals surface area contributed by atoms with Crippen LogP contribution in [0.1, 0.15) is 0 Å². The third-order valence-corrected chi connectivity index (χ3v) is 6.01. The highest BCUT2D eigenvalue weighted by Gasteiger charge is 2.37. The molecule has 0 aliphatic carbocycles. The van der Waals surface area contributed by atoms with Crippen molar-refractivity contribution in [1.82, 2.24) is 14.3 Å². The molecule has 2 aromatic rings. The average Bonchev–Trinajstić information content (AvgIpc) is 2.86. The van der Waals surface area contributed by atoms with Crippen LogP contribution in [0.2, 0.25) is 0 Å². The Kier molecular flexibility index (Phi) is 4.08. The number of thioether (sulfide) groups is 1. The zero-order chi connectivity index (χ0) is 16.6. The van der Waals surface area contributed by atoms with Crippen molar-refractivity contribution in [3.8, 4) is 0 Å². The Morgan fingerprint density at radius 3 is 2.83 bits per heavy atom. The Hall–Kier alpha value is -1.98. The van der Waals surface area contributed by atoms with Gasteiger partial charge in [0.25, 0.3) is 0 Å². The zero-order valence-corrected chi connectivity index (χ0v) is 13.4. The number of carbonyl (C=O) groups is 1. The summed E-state index contributed by atoms with van der Waals surface area (Å²) in [5.74, 6) is -0.428. The molecular formula is C12H14N4O5S2. The van der Waals surface area contributed by atoms with E-state index in [0.717, 1.165) is 4.31 Å². The maximum absolute atomic E-state index is 12.5. The summed E-state index contributed by atoms with van der Waals surface area (Å²) in [5, 5.41) is 9.19. The summed E-state index contributed by atoms with van der Waals surface area (Å²) in [7, 11) is -4.01. The highest BCUT2D eigenvalue weighted by molar-refractivity contribution is 7.99. The standard InChI is InChI=1S/C12H14N4O5S2/c17-11(18)10-6-22-4-3-16(10)23(20,21)15-7-1-2-8-9(5-7)14-12(19)13-8/h1-2,5,10,15H,3-4,6H2,(H,17,18)(H2,13,14,19). The van der Waals surface area contributed by atoms with Gasteiger partial charge in [0.1, 0.15) is 6.04 Å². The van der Waals surface area contributed by atoms with E-state index in [-0.39, 0.29) is 23.7 Å². The van der Waals surface area contributed by atoms with Crippen LogP contribution in [-0.2, 0) is 15.0 Å². The molecule has 3 rings (SSSR count).